The third-order valence-electron chi connectivity index (χ3n) is 3.78. The molecule has 0 saturated carbocycles. The van der Waals surface area contributed by atoms with Crippen LogP contribution in [0.5, 0.6) is 0 Å². The zero-order chi connectivity index (χ0) is 17.6. The van der Waals surface area contributed by atoms with Gasteiger partial charge in [-0.05, 0) is 25.3 Å². The van der Waals surface area contributed by atoms with Crippen molar-refractivity contribution in [3.8, 4) is 0 Å². The van der Waals surface area contributed by atoms with Crippen molar-refractivity contribution in [1.29, 1.82) is 0 Å². The van der Waals surface area contributed by atoms with E-state index in [4.69, 9.17) is 0 Å². The van der Waals surface area contributed by atoms with Gasteiger partial charge in [0.15, 0.2) is 0 Å². The van der Waals surface area contributed by atoms with Gasteiger partial charge in [-0.3, -0.25) is 0 Å². The van der Waals surface area contributed by atoms with Gasteiger partial charge in [-0.1, -0.05) is 44.2 Å². The second kappa shape index (κ2) is 8.34. The van der Waals surface area contributed by atoms with Crippen LogP contribution in [0.4, 0.5) is 4.79 Å². The minimum absolute atomic E-state index is 0.0358. The molecule has 0 fully saturated rings. The van der Waals surface area contributed by atoms with Crippen LogP contribution in [-0.4, -0.2) is 43.9 Å². The molecule has 0 aliphatic rings. The summed E-state index contributed by atoms with van der Waals surface area (Å²) in [6.45, 7) is 8.17. The number of urea groups is 1. The number of nitrogens with one attached hydrogen (secondary N) is 1. The van der Waals surface area contributed by atoms with E-state index in [1.165, 1.54) is 6.26 Å². The minimum atomic E-state index is -3.13. The molecule has 5 nitrogen and oxygen atoms in total. The van der Waals surface area contributed by atoms with Gasteiger partial charge in [0, 0.05) is 18.8 Å². The molecule has 0 radical (unpaired) electrons. The molecule has 1 N–H and O–H groups in total. The van der Waals surface area contributed by atoms with Crippen molar-refractivity contribution in [2.75, 3.05) is 18.6 Å². The lowest BCUT2D eigenvalue weighted by Gasteiger charge is -2.31. The number of carbonyl (C=O) groups excluding carboxylic acids is 1. The number of hydrogen-bond acceptors (Lipinski definition) is 3. The van der Waals surface area contributed by atoms with Crippen LogP contribution < -0.4 is 5.32 Å². The Morgan fingerprint density at radius 3 is 2.17 bits per heavy atom. The lowest BCUT2D eigenvalue weighted by molar-refractivity contribution is 0.180. The number of hydrogen-bond donors (Lipinski definition) is 1. The van der Waals surface area contributed by atoms with E-state index in [-0.39, 0.29) is 29.8 Å². The predicted molar refractivity (Wildman–Crippen MR) is 94.1 cm³/mol. The molecule has 2 unspecified atom stereocenters. The quantitative estimate of drug-likeness (QED) is 0.830. The summed E-state index contributed by atoms with van der Waals surface area (Å²) < 4.78 is 23.0. The third kappa shape index (κ3) is 6.22. The van der Waals surface area contributed by atoms with Gasteiger partial charge in [0.2, 0.25) is 0 Å². The van der Waals surface area contributed by atoms with Crippen LogP contribution in [0.3, 0.4) is 0 Å². The Labute approximate surface area is 140 Å². The lowest BCUT2D eigenvalue weighted by Crippen LogP contribution is -2.48. The average molecular weight is 340 g/mol. The Morgan fingerprint density at radius 1 is 1.17 bits per heavy atom. The first-order chi connectivity index (χ1) is 10.7. The summed E-state index contributed by atoms with van der Waals surface area (Å²) in [7, 11) is -3.13. The fraction of sp³-hybridized carbons (Fsp3) is 0.588. The molecule has 1 aromatic carbocycles. The maximum atomic E-state index is 12.6. The van der Waals surface area contributed by atoms with E-state index in [1.807, 2.05) is 51.1 Å². The van der Waals surface area contributed by atoms with Gasteiger partial charge in [0.25, 0.3) is 0 Å². The topological polar surface area (TPSA) is 66.5 Å². The normalized spacial score (nSPS) is 14.3. The smallest absolute Gasteiger partial charge is 0.318 e. The summed E-state index contributed by atoms with van der Waals surface area (Å²) in [5.41, 5.74) is 1.04. The largest absolute Gasteiger partial charge is 0.331 e. The number of nitrogens with zero attached hydrogens (tertiary/aromatic N) is 1. The van der Waals surface area contributed by atoms with Crippen LogP contribution in [0.2, 0.25) is 0 Å². The summed E-state index contributed by atoms with van der Waals surface area (Å²) >= 11 is 0. The van der Waals surface area contributed by atoms with E-state index in [9.17, 15) is 13.2 Å². The molecule has 1 rings (SSSR count). The summed E-state index contributed by atoms with van der Waals surface area (Å²) in [6.07, 6.45) is 1.19. The molecule has 23 heavy (non-hydrogen) atoms. The van der Waals surface area contributed by atoms with E-state index in [2.05, 4.69) is 5.32 Å². The first-order valence-corrected chi connectivity index (χ1v) is 10.0. The predicted octanol–water partition coefficient (Wildman–Crippen LogP) is 2.85. The van der Waals surface area contributed by atoms with E-state index in [0.29, 0.717) is 6.54 Å². The summed E-state index contributed by atoms with van der Waals surface area (Å²) in [4.78, 5) is 14.2. The minimum Gasteiger partial charge on any atom is -0.331 e. The lowest BCUT2D eigenvalue weighted by atomic mass is 9.96. The Morgan fingerprint density at radius 2 is 1.74 bits per heavy atom. The van der Waals surface area contributed by atoms with E-state index in [1.54, 1.807) is 11.8 Å². The van der Waals surface area contributed by atoms with E-state index >= 15 is 0 Å². The zero-order valence-corrected chi connectivity index (χ0v) is 15.4. The molecule has 130 valence electrons. The van der Waals surface area contributed by atoms with Crippen molar-refractivity contribution in [2.24, 2.45) is 5.92 Å². The highest BCUT2D eigenvalue weighted by atomic mass is 32.2. The molecule has 1 aromatic rings. The first-order valence-electron chi connectivity index (χ1n) is 7.95. The molecule has 0 aliphatic carbocycles. The third-order valence-corrected chi connectivity index (χ3v) is 4.87. The Balaban J connectivity index is 2.88. The second-order valence-corrected chi connectivity index (χ2v) is 8.49. The van der Waals surface area contributed by atoms with Crippen LogP contribution in [0, 0.1) is 5.92 Å². The molecule has 0 bridgehead atoms. The first kappa shape index (κ1) is 19.5. The van der Waals surface area contributed by atoms with Crippen molar-refractivity contribution in [2.45, 2.75) is 39.8 Å². The highest BCUT2D eigenvalue weighted by Gasteiger charge is 2.25. The highest BCUT2D eigenvalue weighted by Crippen LogP contribution is 2.21. The van der Waals surface area contributed by atoms with Gasteiger partial charge >= 0.3 is 6.03 Å². The standard InChI is InChI=1S/C17H28N2O3S/c1-6-19(14(4)12-23(5,21)22)17(20)18-16(13(2)3)15-10-8-7-9-11-15/h7-11,13-14,16H,6,12H2,1-5H3,(H,18,20). The Bertz CT molecular complexity index is 600. The number of amides is 2. The molecule has 0 saturated heterocycles. The van der Waals surface area contributed by atoms with Crippen LogP contribution in [0.1, 0.15) is 39.3 Å². The fourth-order valence-electron chi connectivity index (χ4n) is 2.69. The fourth-order valence-corrected chi connectivity index (χ4v) is 3.75. The molecule has 2 atom stereocenters. The number of benzene rings is 1. The van der Waals surface area contributed by atoms with E-state index in [0.717, 1.165) is 5.56 Å². The Kier molecular flexibility index (Phi) is 7.06. The molecular formula is C17H28N2O3S. The van der Waals surface area contributed by atoms with Crippen LogP contribution in [0.15, 0.2) is 30.3 Å². The Hall–Kier alpha value is -1.56. The number of sulfone groups is 1. The summed E-state index contributed by atoms with van der Waals surface area (Å²) in [5, 5.41) is 3.04. The molecule has 0 heterocycles. The molecule has 0 aromatic heterocycles. The average Bonchev–Trinajstić information content (AvgIpc) is 2.44. The molecule has 6 heteroatoms. The monoisotopic (exact) mass is 340 g/mol. The van der Waals surface area contributed by atoms with Gasteiger partial charge in [0.1, 0.15) is 9.84 Å². The molecule has 0 spiro atoms. The summed E-state index contributed by atoms with van der Waals surface area (Å²) in [6, 6.07) is 9.10. The van der Waals surface area contributed by atoms with E-state index < -0.39 is 9.84 Å². The molecule has 2 amide bonds. The molecule has 0 aliphatic heterocycles. The van der Waals surface area contributed by atoms with Gasteiger partial charge in [-0.2, -0.15) is 0 Å². The number of carbonyl (C=O) groups is 1. The van der Waals surface area contributed by atoms with Crippen molar-refractivity contribution in [3.05, 3.63) is 35.9 Å². The van der Waals surface area contributed by atoms with Crippen molar-refractivity contribution < 1.29 is 13.2 Å². The van der Waals surface area contributed by atoms with Gasteiger partial charge in [-0.15, -0.1) is 0 Å². The van der Waals surface area contributed by atoms with Crippen LogP contribution in [-0.2, 0) is 9.84 Å². The van der Waals surface area contributed by atoms with Crippen LogP contribution in [0.25, 0.3) is 0 Å². The van der Waals surface area contributed by atoms with Crippen molar-refractivity contribution in [1.82, 2.24) is 10.2 Å². The maximum absolute atomic E-state index is 12.6. The zero-order valence-electron chi connectivity index (χ0n) is 14.6. The summed E-state index contributed by atoms with van der Waals surface area (Å²) in [5.74, 6) is 0.191. The highest BCUT2D eigenvalue weighted by molar-refractivity contribution is 7.90. The van der Waals surface area contributed by atoms with Crippen molar-refractivity contribution >= 4 is 15.9 Å². The SMILES string of the molecule is CCN(C(=O)NC(c1ccccc1)C(C)C)C(C)CS(C)(=O)=O. The van der Waals surface area contributed by atoms with Gasteiger partial charge in [-0.25, -0.2) is 13.2 Å². The maximum Gasteiger partial charge on any atom is 0.318 e. The second-order valence-electron chi connectivity index (χ2n) is 6.31. The molecular weight excluding hydrogens is 312 g/mol. The van der Waals surface area contributed by atoms with Crippen LogP contribution >= 0.6 is 0 Å². The van der Waals surface area contributed by atoms with Gasteiger partial charge < -0.3 is 10.2 Å². The van der Waals surface area contributed by atoms with Gasteiger partial charge in [0.05, 0.1) is 11.8 Å². The van der Waals surface area contributed by atoms with Crippen molar-refractivity contribution in [3.63, 3.8) is 0 Å². The number of rotatable bonds is 7.